The molecule has 0 bridgehead atoms. The van der Waals surface area contributed by atoms with Crippen molar-refractivity contribution in [3.05, 3.63) is 59.7 Å². The minimum atomic E-state index is -3.72. The van der Waals surface area contributed by atoms with Gasteiger partial charge in [0.25, 0.3) is 0 Å². The Bertz CT molecular complexity index is 832. The van der Waals surface area contributed by atoms with Crippen LogP contribution in [0.1, 0.15) is 24.1 Å². The van der Waals surface area contributed by atoms with Gasteiger partial charge in [-0.3, -0.25) is 0 Å². The van der Waals surface area contributed by atoms with Crippen LogP contribution in [0.4, 0.5) is 10.5 Å². The van der Waals surface area contributed by atoms with Crippen LogP contribution in [0.3, 0.4) is 0 Å². The highest BCUT2D eigenvalue weighted by Crippen LogP contribution is 2.21. The first-order valence-corrected chi connectivity index (χ1v) is 8.96. The number of amides is 2. The number of benzene rings is 2. The molecule has 2 aromatic carbocycles. The molecule has 0 fully saturated rings. The van der Waals surface area contributed by atoms with E-state index in [0.29, 0.717) is 0 Å². The average Bonchev–Trinajstić information content (AvgIpc) is 2.52. The fraction of sp³-hybridized carbons (Fsp3) is 0.235. The normalized spacial score (nSPS) is 12.5. The van der Waals surface area contributed by atoms with E-state index in [1.54, 1.807) is 24.1 Å². The highest BCUT2D eigenvalue weighted by molar-refractivity contribution is 7.89. The molecule has 2 rings (SSSR count). The second-order valence-corrected chi connectivity index (χ2v) is 7.26. The molecule has 7 heteroatoms. The van der Waals surface area contributed by atoms with Crippen LogP contribution < -0.4 is 10.5 Å². The van der Waals surface area contributed by atoms with Gasteiger partial charge in [-0.1, -0.05) is 24.3 Å². The molecule has 1 atom stereocenters. The maximum atomic E-state index is 12.4. The molecule has 0 heterocycles. The van der Waals surface area contributed by atoms with Gasteiger partial charge in [0, 0.05) is 12.7 Å². The Kier molecular flexibility index (Phi) is 5.26. The molecule has 0 aromatic heterocycles. The summed E-state index contributed by atoms with van der Waals surface area (Å²) in [6.45, 7) is 3.82. The van der Waals surface area contributed by atoms with E-state index in [1.165, 1.54) is 12.1 Å². The molecule has 0 spiro atoms. The molecule has 0 saturated heterocycles. The van der Waals surface area contributed by atoms with Gasteiger partial charge in [0.15, 0.2) is 0 Å². The lowest BCUT2D eigenvalue weighted by Gasteiger charge is -2.25. The molecular weight excluding hydrogens is 326 g/mol. The standard InChI is InChI=1S/C17H21N3O3S/c1-12-5-4-6-15(11-12)19-17(21)20(3)13(2)14-7-9-16(10-8-14)24(18,22)23/h4-11,13H,1-3H3,(H,19,21)(H2,18,22,23). The van der Waals surface area contributed by atoms with Crippen molar-refractivity contribution >= 4 is 21.7 Å². The van der Waals surface area contributed by atoms with Crippen molar-refractivity contribution in [2.45, 2.75) is 24.8 Å². The number of rotatable bonds is 4. The Morgan fingerprint density at radius 2 is 1.79 bits per heavy atom. The number of nitrogens with two attached hydrogens (primary N) is 1. The third-order valence-corrected chi connectivity index (χ3v) is 4.79. The summed E-state index contributed by atoms with van der Waals surface area (Å²) in [6.07, 6.45) is 0. The summed E-state index contributed by atoms with van der Waals surface area (Å²) in [5.74, 6) is 0. The maximum absolute atomic E-state index is 12.4. The Balaban J connectivity index is 2.10. The molecule has 128 valence electrons. The van der Waals surface area contributed by atoms with Gasteiger partial charge in [0.2, 0.25) is 10.0 Å². The van der Waals surface area contributed by atoms with Gasteiger partial charge in [0.05, 0.1) is 10.9 Å². The first-order chi connectivity index (χ1) is 11.2. The molecule has 2 amide bonds. The van der Waals surface area contributed by atoms with Crippen LogP contribution in [0.5, 0.6) is 0 Å². The summed E-state index contributed by atoms with van der Waals surface area (Å²) in [4.78, 5) is 14.0. The number of carbonyl (C=O) groups excluding carboxylic acids is 1. The number of urea groups is 1. The summed E-state index contributed by atoms with van der Waals surface area (Å²) in [6, 6.07) is 13.2. The average molecular weight is 347 g/mol. The molecule has 24 heavy (non-hydrogen) atoms. The highest BCUT2D eigenvalue weighted by atomic mass is 32.2. The van der Waals surface area contributed by atoms with E-state index in [-0.39, 0.29) is 17.0 Å². The van der Waals surface area contributed by atoms with Gasteiger partial charge in [-0.05, 0) is 49.2 Å². The molecule has 0 radical (unpaired) electrons. The van der Waals surface area contributed by atoms with Crippen LogP contribution in [-0.2, 0) is 10.0 Å². The molecule has 0 aliphatic heterocycles. The lowest BCUT2D eigenvalue weighted by Crippen LogP contribution is -2.33. The largest absolute Gasteiger partial charge is 0.322 e. The summed E-state index contributed by atoms with van der Waals surface area (Å²) >= 11 is 0. The van der Waals surface area contributed by atoms with Crippen LogP contribution in [0.2, 0.25) is 0 Å². The molecule has 0 saturated carbocycles. The second kappa shape index (κ2) is 7.02. The van der Waals surface area contributed by atoms with Crippen molar-refractivity contribution in [1.29, 1.82) is 0 Å². The second-order valence-electron chi connectivity index (χ2n) is 5.70. The Morgan fingerprint density at radius 1 is 1.17 bits per heavy atom. The monoisotopic (exact) mass is 347 g/mol. The van der Waals surface area contributed by atoms with Gasteiger partial charge in [-0.2, -0.15) is 0 Å². The van der Waals surface area contributed by atoms with Crippen molar-refractivity contribution < 1.29 is 13.2 Å². The van der Waals surface area contributed by atoms with Gasteiger partial charge in [0.1, 0.15) is 0 Å². The zero-order chi connectivity index (χ0) is 17.9. The van der Waals surface area contributed by atoms with Crippen LogP contribution >= 0.6 is 0 Å². The first-order valence-electron chi connectivity index (χ1n) is 7.42. The SMILES string of the molecule is Cc1cccc(NC(=O)N(C)C(C)c2ccc(S(N)(=O)=O)cc2)c1. The number of aryl methyl sites for hydroxylation is 1. The fourth-order valence-electron chi connectivity index (χ4n) is 2.27. The van der Waals surface area contributed by atoms with Crippen molar-refractivity contribution in [2.75, 3.05) is 12.4 Å². The van der Waals surface area contributed by atoms with Crippen molar-refractivity contribution in [2.24, 2.45) is 5.14 Å². The molecule has 0 aliphatic rings. The Labute approximate surface area is 142 Å². The highest BCUT2D eigenvalue weighted by Gasteiger charge is 2.18. The number of nitrogens with zero attached hydrogens (tertiary/aromatic N) is 1. The summed E-state index contributed by atoms with van der Waals surface area (Å²) in [7, 11) is -2.04. The molecule has 1 unspecified atom stereocenters. The molecule has 0 aliphatic carbocycles. The van der Waals surface area contributed by atoms with E-state index < -0.39 is 10.0 Å². The van der Waals surface area contributed by atoms with Crippen molar-refractivity contribution in [1.82, 2.24) is 4.90 Å². The third kappa shape index (κ3) is 4.33. The number of hydrogen-bond donors (Lipinski definition) is 2. The van der Waals surface area contributed by atoms with Gasteiger partial charge < -0.3 is 10.2 Å². The zero-order valence-electron chi connectivity index (χ0n) is 13.9. The van der Waals surface area contributed by atoms with E-state index in [0.717, 1.165) is 16.8 Å². The summed E-state index contributed by atoms with van der Waals surface area (Å²) in [5, 5.41) is 7.93. The lowest BCUT2D eigenvalue weighted by atomic mass is 10.1. The number of carbonyl (C=O) groups is 1. The number of nitrogens with one attached hydrogen (secondary N) is 1. The van der Waals surface area contributed by atoms with E-state index in [1.807, 2.05) is 38.1 Å². The smallest absolute Gasteiger partial charge is 0.321 e. The van der Waals surface area contributed by atoms with E-state index in [9.17, 15) is 13.2 Å². The molecule has 6 nitrogen and oxygen atoms in total. The third-order valence-electron chi connectivity index (χ3n) is 3.86. The quantitative estimate of drug-likeness (QED) is 0.890. The van der Waals surface area contributed by atoms with Crippen LogP contribution in [0, 0.1) is 6.92 Å². The molecular formula is C17H21N3O3S. The van der Waals surface area contributed by atoms with Crippen LogP contribution in [-0.4, -0.2) is 26.4 Å². The number of sulfonamides is 1. The number of anilines is 1. The Morgan fingerprint density at radius 3 is 2.33 bits per heavy atom. The van der Waals surface area contributed by atoms with Gasteiger partial charge in [-0.15, -0.1) is 0 Å². The van der Waals surface area contributed by atoms with Crippen molar-refractivity contribution in [3.8, 4) is 0 Å². The molecule has 2 aromatic rings. The molecule has 3 N–H and O–H groups in total. The predicted molar refractivity (Wildman–Crippen MR) is 94.2 cm³/mol. The van der Waals surface area contributed by atoms with Gasteiger partial charge >= 0.3 is 6.03 Å². The minimum Gasteiger partial charge on any atom is -0.321 e. The lowest BCUT2D eigenvalue weighted by molar-refractivity contribution is 0.208. The minimum absolute atomic E-state index is 0.0466. The first kappa shape index (κ1) is 18.0. The Hall–Kier alpha value is -2.38. The predicted octanol–water partition coefficient (Wildman–Crippen LogP) is 2.87. The van der Waals surface area contributed by atoms with Crippen LogP contribution in [0.15, 0.2) is 53.4 Å². The van der Waals surface area contributed by atoms with Gasteiger partial charge in [-0.25, -0.2) is 18.4 Å². The summed E-state index contributed by atoms with van der Waals surface area (Å²) < 4.78 is 22.6. The van der Waals surface area contributed by atoms with Crippen LogP contribution in [0.25, 0.3) is 0 Å². The fourth-order valence-corrected chi connectivity index (χ4v) is 2.79. The number of hydrogen-bond acceptors (Lipinski definition) is 3. The number of primary sulfonamides is 1. The van der Waals surface area contributed by atoms with E-state index in [4.69, 9.17) is 5.14 Å². The van der Waals surface area contributed by atoms with E-state index in [2.05, 4.69) is 5.32 Å². The topological polar surface area (TPSA) is 92.5 Å². The van der Waals surface area contributed by atoms with Crippen molar-refractivity contribution in [3.63, 3.8) is 0 Å². The maximum Gasteiger partial charge on any atom is 0.322 e. The summed E-state index contributed by atoms with van der Waals surface area (Å²) in [5.41, 5.74) is 2.59. The van der Waals surface area contributed by atoms with E-state index >= 15 is 0 Å². The zero-order valence-corrected chi connectivity index (χ0v) is 14.7.